The number of aromatic amines is 1. The second kappa shape index (κ2) is 8.43. The highest BCUT2D eigenvalue weighted by Gasteiger charge is 2.15. The third-order valence-electron chi connectivity index (χ3n) is 4.23. The summed E-state index contributed by atoms with van der Waals surface area (Å²) in [7, 11) is 3.18. The SMILES string of the molecule is COc1ccc([C@@H](C)NC(=O)Nc2cccc(-c3n[nH]c(C)n3)c2)c(OC)c1. The fourth-order valence-electron chi connectivity index (χ4n) is 2.83. The number of nitrogens with zero attached hydrogens (tertiary/aromatic N) is 2. The van der Waals surface area contributed by atoms with Gasteiger partial charge in [0, 0.05) is 22.9 Å². The van der Waals surface area contributed by atoms with E-state index in [1.54, 1.807) is 26.4 Å². The Morgan fingerprint density at radius 1 is 1.14 bits per heavy atom. The molecule has 8 nitrogen and oxygen atoms in total. The molecule has 0 spiro atoms. The van der Waals surface area contributed by atoms with Gasteiger partial charge in [-0.25, -0.2) is 9.78 Å². The van der Waals surface area contributed by atoms with Crippen molar-refractivity contribution in [2.45, 2.75) is 19.9 Å². The van der Waals surface area contributed by atoms with Crippen LogP contribution in [0, 0.1) is 6.92 Å². The molecule has 0 saturated heterocycles. The number of nitrogens with one attached hydrogen (secondary N) is 3. The lowest BCUT2D eigenvalue weighted by atomic mass is 10.1. The molecule has 3 aromatic rings. The molecule has 8 heteroatoms. The number of ether oxygens (including phenoxy) is 2. The van der Waals surface area contributed by atoms with Crippen LogP contribution in [-0.2, 0) is 0 Å². The molecule has 2 aromatic carbocycles. The molecule has 0 unspecified atom stereocenters. The fourth-order valence-corrected chi connectivity index (χ4v) is 2.83. The van der Waals surface area contributed by atoms with Crippen molar-refractivity contribution in [3.63, 3.8) is 0 Å². The summed E-state index contributed by atoms with van der Waals surface area (Å²) in [5.41, 5.74) is 2.31. The lowest BCUT2D eigenvalue weighted by Crippen LogP contribution is -2.31. The zero-order chi connectivity index (χ0) is 20.1. The Hall–Kier alpha value is -3.55. The van der Waals surface area contributed by atoms with Crippen molar-refractivity contribution in [1.82, 2.24) is 20.5 Å². The van der Waals surface area contributed by atoms with Gasteiger partial charge in [0.2, 0.25) is 0 Å². The highest BCUT2D eigenvalue weighted by molar-refractivity contribution is 5.90. The molecule has 0 radical (unpaired) electrons. The standard InChI is InChI=1S/C20H23N5O3/c1-12(17-9-8-16(27-3)11-18(17)28-4)21-20(26)23-15-7-5-6-14(10-15)19-22-13(2)24-25-19/h5-12H,1-4H3,(H2,21,23,26)(H,22,24,25)/t12-/m1/s1. The van der Waals surface area contributed by atoms with Crippen LogP contribution in [0.2, 0.25) is 0 Å². The summed E-state index contributed by atoms with van der Waals surface area (Å²) in [5, 5.41) is 12.7. The minimum Gasteiger partial charge on any atom is -0.497 e. The minimum atomic E-state index is -0.325. The maximum Gasteiger partial charge on any atom is 0.319 e. The smallest absolute Gasteiger partial charge is 0.319 e. The highest BCUT2D eigenvalue weighted by atomic mass is 16.5. The number of H-pyrrole nitrogens is 1. The van der Waals surface area contributed by atoms with Crippen LogP contribution in [-0.4, -0.2) is 35.4 Å². The number of anilines is 1. The van der Waals surface area contributed by atoms with Crippen molar-refractivity contribution < 1.29 is 14.3 Å². The van der Waals surface area contributed by atoms with Crippen LogP contribution in [0.4, 0.5) is 10.5 Å². The number of aryl methyl sites for hydroxylation is 1. The number of methoxy groups -OCH3 is 2. The van der Waals surface area contributed by atoms with E-state index in [1.807, 2.05) is 44.2 Å². The van der Waals surface area contributed by atoms with E-state index in [9.17, 15) is 4.79 Å². The molecule has 0 aliphatic heterocycles. The molecule has 0 aliphatic rings. The summed E-state index contributed by atoms with van der Waals surface area (Å²) in [6, 6.07) is 12.2. The van der Waals surface area contributed by atoms with Crippen LogP contribution in [0.1, 0.15) is 24.4 Å². The van der Waals surface area contributed by atoms with Gasteiger partial charge in [-0.1, -0.05) is 12.1 Å². The molecular weight excluding hydrogens is 358 g/mol. The number of hydrogen-bond donors (Lipinski definition) is 3. The monoisotopic (exact) mass is 381 g/mol. The van der Waals surface area contributed by atoms with Gasteiger partial charge in [-0.2, -0.15) is 5.10 Å². The molecule has 0 aliphatic carbocycles. The van der Waals surface area contributed by atoms with Crippen LogP contribution >= 0.6 is 0 Å². The minimum absolute atomic E-state index is 0.264. The maximum atomic E-state index is 12.4. The van der Waals surface area contributed by atoms with Crippen LogP contribution in [0.15, 0.2) is 42.5 Å². The van der Waals surface area contributed by atoms with Crippen LogP contribution < -0.4 is 20.1 Å². The van der Waals surface area contributed by atoms with Gasteiger partial charge in [0.1, 0.15) is 17.3 Å². The van der Waals surface area contributed by atoms with Crippen molar-refractivity contribution in [3.8, 4) is 22.9 Å². The molecule has 3 N–H and O–H groups in total. The van der Waals surface area contributed by atoms with E-state index >= 15 is 0 Å². The molecule has 146 valence electrons. The van der Waals surface area contributed by atoms with Crippen LogP contribution in [0.25, 0.3) is 11.4 Å². The number of amides is 2. The lowest BCUT2D eigenvalue weighted by Gasteiger charge is -2.18. The van der Waals surface area contributed by atoms with Crippen molar-refractivity contribution >= 4 is 11.7 Å². The van der Waals surface area contributed by atoms with Crippen molar-refractivity contribution in [2.75, 3.05) is 19.5 Å². The maximum absolute atomic E-state index is 12.4. The van der Waals surface area contributed by atoms with Gasteiger partial charge >= 0.3 is 6.03 Å². The zero-order valence-corrected chi connectivity index (χ0v) is 16.2. The second-order valence-electron chi connectivity index (χ2n) is 6.25. The average Bonchev–Trinajstić information content (AvgIpc) is 3.13. The summed E-state index contributed by atoms with van der Waals surface area (Å²) in [6.45, 7) is 3.72. The lowest BCUT2D eigenvalue weighted by molar-refractivity contribution is 0.249. The van der Waals surface area contributed by atoms with Crippen molar-refractivity contribution in [3.05, 3.63) is 53.9 Å². The first kappa shape index (κ1) is 19.2. The molecule has 0 saturated carbocycles. The van der Waals surface area contributed by atoms with Gasteiger partial charge in [0.25, 0.3) is 0 Å². The summed E-state index contributed by atoms with van der Waals surface area (Å²) < 4.78 is 10.6. The Morgan fingerprint density at radius 3 is 2.64 bits per heavy atom. The molecule has 0 fully saturated rings. The summed E-state index contributed by atoms with van der Waals surface area (Å²) >= 11 is 0. The van der Waals surface area contributed by atoms with Crippen LogP contribution in [0.3, 0.4) is 0 Å². The van der Waals surface area contributed by atoms with E-state index in [0.717, 1.165) is 17.0 Å². The van der Waals surface area contributed by atoms with Gasteiger partial charge in [0.05, 0.1) is 20.3 Å². The third-order valence-corrected chi connectivity index (χ3v) is 4.23. The second-order valence-corrected chi connectivity index (χ2v) is 6.25. The quantitative estimate of drug-likeness (QED) is 0.605. The average molecular weight is 381 g/mol. The summed E-state index contributed by atoms with van der Waals surface area (Å²) in [6.07, 6.45) is 0. The van der Waals surface area contributed by atoms with E-state index in [4.69, 9.17) is 9.47 Å². The van der Waals surface area contributed by atoms with E-state index in [1.165, 1.54) is 0 Å². The van der Waals surface area contributed by atoms with E-state index < -0.39 is 0 Å². The molecule has 2 amide bonds. The first-order valence-electron chi connectivity index (χ1n) is 8.79. The third kappa shape index (κ3) is 4.40. The topological polar surface area (TPSA) is 101 Å². The van der Waals surface area contributed by atoms with Crippen LogP contribution in [0.5, 0.6) is 11.5 Å². The molecule has 0 bridgehead atoms. The molecular formula is C20H23N5O3. The number of benzene rings is 2. The predicted molar refractivity (Wildman–Crippen MR) is 107 cm³/mol. The highest BCUT2D eigenvalue weighted by Crippen LogP contribution is 2.29. The number of carbonyl (C=O) groups is 1. The first-order valence-corrected chi connectivity index (χ1v) is 8.79. The molecule has 1 heterocycles. The molecule has 1 atom stereocenters. The number of hydrogen-bond acceptors (Lipinski definition) is 5. The largest absolute Gasteiger partial charge is 0.497 e. The van der Waals surface area contributed by atoms with E-state index in [0.29, 0.717) is 23.0 Å². The predicted octanol–water partition coefficient (Wildman–Crippen LogP) is 3.68. The normalized spacial score (nSPS) is 11.6. The number of rotatable bonds is 6. The van der Waals surface area contributed by atoms with E-state index in [2.05, 4.69) is 25.8 Å². The Kier molecular flexibility index (Phi) is 5.78. The van der Waals surface area contributed by atoms with Gasteiger partial charge < -0.3 is 20.1 Å². The van der Waals surface area contributed by atoms with Gasteiger partial charge in [-0.15, -0.1) is 0 Å². The number of urea groups is 1. The van der Waals surface area contributed by atoms with E-state index in [-0.39, 0.29) is 12.1 Å². The number of carbonyl (C=O) groups excluding carboxylic acids is 1. The van der Waals surface area contributed by atoms with Gasteiger partial charge in [0.15, 0.2) is 5.82 Å². The molecule has 28 heavy (non-hydrogen) atoms. The summed E-state index contributed by atoms with van der Waals surface area (Å²) in [4.78, 5) is 16.7. The first-order chi connectivity index (χ1) is 13.5. The van der Waals surface area contributed by atoms with Crippen molar-refractivity contribution in [2.24, 2.45) is 0 Å². The Bertz CT molecular complexity index is 970. The van der Waals surface area contributed by atoms with Gasteiger partial charge in [-0.3, -0.25) is 5.10 Å². The van der Waals surface area contributed by atoms with Crippen molar-refractivity contribution in [1.29, 1.82) is 0 Å². The fraction of sp³-hybridized carbons (Fsp3) is 0.250. The number of aromatic nitrogens is 3. The Labute approximate surface area is 163 Å². The zero-order valence-electron chi connectivity index (χ0n) is 16.2. The Balaban J connectivity index is 1.69. The van der Waals surface area contributed by atoms with Gasteiger partial charge in [-0.05, 0) is 38.1 Å². The Morgan fingerprint density at radius 2 is 1.96 bits per heavy atom. The summed E-state index contributed by atoms with van der Waals surface area (Å²) in [5.74, 6) is 2.65. The molecule has 3 rings (SSSR count). The molecule has 1 aromatic heterocycles.